The van der Waals surface area contributed by atoms with Gasteiger partial charge in [0.25, 0.3) is 5.91 Å². The van der Waals surface area contributed by atoms with E-state index in [-0.39, 0.29) is 5.56 Å². The Morgan fingerprint density at radius 2 is 2.30 bits per heavy atom. The first-order chi connectivity index (χ1) is 9.60. The number of carbonyl (C=O) groups is 1. The van der Waals surface area contributed by atoms with Crippen LogP contribution in [0.2, 0.25) is 0 Å². The van der Waals surface area contributed by atoms with Crippen molar-refractivity contribution in [1.29, 1.82) is 0 Å². The summed E-state index contributed by atoms with van der Waals surface area (Å²) in [6.07, 6.45) is 4.75. The van der Waals surface area contributed by atoms with E-state index in [0.717, 1.165) is 18.5 Å². The quantitative estimate of drug-likeness (QED) is 0.849. The molecule has 0 radical (unpaired) electrons. The summed E-state index contributed by atoms with van der Waals surface area (Å²) >= 11 is 0. The molecule has 106 valence electrons. The summed E-state index contributed by atoms with van der Waals surface area (Å²) in [5.74, 6) is -1.39. The zero-order valence-electron chi connectivity index (χ0n) is 11.3. The molecule has 20 heavy (non-hydrogen) atoms. The highest BCUT2D eigenvalue weighted by Gasteiger charge is 2.09. The van der Waals surface area contributed by atoms with Crippen LogP contribution in [0, 0.1) is 5.82 Å². The Morgan fingerprint density at radius 1 is 1.50 bits per heavy atom. The molecule has 5 nitrogen and oxygen atoms in total. The first-order valence-electron chi connectivity index (χ1n) is 6.44. The number of anilines is 1. The number of hydrogen-bond acceptors (Lipinski definition) is 3. The summed E-state index contributed by atoms with van der Waals surface area (Å²) in [6.45, 7) is 3.51. The molecule has 0 aliphatic rings. The van der Waals surface area contributed by atoms with E-state index in [0.29, 0.717) is 12.2 Å². The minimum Gasteiger partial charge on any atom is -0.381 e. The third kappa shape index (κ3) is 3.34. The lowest BCUT2D eigenvalue weighted by atomic mass is 10.1. The van der Waals surface area contributed by atoms with Crippen molar-refractivity contribution in [2.45, 2.75) is 26.4 Å². The largest absolute Gasteiger partial charge is 0.381 e. The van der Waals surface area contributed by atoms with E-state index in [9.17, 15) is 9.18 Å². The second-order valence-electron chi connectivity index (χ2n) is 4.52. The molecule has 0 spiro atoms. The molecule has 0 unspecified atom stereocenters. The SMILES string of the molecule is CCCn1cc(CNc2ccc(F)c(C(N)=O)c2)cn1. The van der Waals surface area contributed by atoms with Crippen molar-refractivity contribution in [1.82, 2.24) is 9.78 Å². The summed E-state index contributed by atoms with van der Waals surface area (Å²) in [7, 11) is 0. The molecule has 0 aliphatic heterocycles. The Bertz CT molecular complexity index is 609. The molecule has 0 fully saturated rings. The predicted molar refractivity (Wildman–Crippen MR) is 74.8 cm³/mol. The topological polar surface area (TPSA) is 72.9 Å². The van der Waals surface area contributed by atoms with E-state index >= 15 is 0 Å². The van der Waals surface area contributed by atoms with Gasteiger partial charge in [-0.15, -0.1) is 0 Å². The molecule has 0 atom stereocenters. The average Bonchev–Trinajstić information content (AvgIpc) is 2.86. The normalized spacial score (nSPS) is 10.5. The van der Waals surface area contributed by atoms with Crippen molar-refractivity contribution in [3.05, 3.63) is 47.5 Å². The number of aryl methyl sites for hydroxylation is 1. The van der Waals surface area contributed by atoms with Gasteiger partial charge in [-0.1, -0.05) is 6.92 Å². The van der Waals surface area contributed by atoms with Gasteiger partial charge in [-0.25, -0.2) is 4.39 Å². The first kappa shape index (κ1) is 14.0. The standard InChI is InChI=1S/C14H17FN4O/c1-2-5-19-9-10(8-18-19)7-17-11-3-4-13(15)12(6-11)14(16)20/h3-4,6,8-9,17H,2,5,7H2,1H3,(H2,16,20). The number of rotatable bonds is 6. The molecule has 0 aliphatic carbocycles. The van der Waals surface area contributed by atoms with Crippen LogP contribution in [0.15, 0.2) is 30.6 Å². The number of primary amides is 1. The van der Waals surface area contributed by atoms with Gasteiger partial charge in [0.1, 0.15) is 5.82 Å². The molecule has 2 aromatic rings. The highest BCUT2D eigenvalue weighted by atomic mass is 19.1. The van der Waals surface area contributed by atoms with Crippen molar-refractivity contribution in [3.63, 3.8) is 0 Å². The van der Waals surface area contributed by atoms with Crippen molar-refractivity contribution in [3.8, 4) is 0 Å². The minimum absolute atomic E-state index is 0.114. The number of aromatic nitrogens is 2. The lowest BCUT2D eigenvalue weighted by Crippen LogP contribution is -2.13. The number of nitrogens with two attached hydrogens (primary N) is 1. The molecular formula is C14H17FN4O. The van der Waals surface area contributed by atoms with E-state index in [1.165, 1.54) is 12.1 Å². The van der Waals surface area contributed by atoms with Gasteiger partial charge in [0.2, 0.25) is 0 Å². The molecule has 6 heteroatoms. The van der Waals surface area contributed by atoms with E-state index in [4.69, 9.17) is 5.73 Å². The smallest absolute Gasteiger partial charge is 0.251 e. The van der Waals surface area contributed by atoms with Crippen molar-refractivity contribution in [2.24, 2.45) is 5.73 Å². The molecule has 1 aromatic carbocycles. The Labute approximate surface area is 116 Å². The monoisotopic (exact) mass is 276 g/mol. The van der Waals surface area contributed by atoms with Crippen molar-refractivity contribution in [2.75, 3.05) is 5.32 Å². The zero-order valence-corrected chi connectivity index (χ0v) is 11.3. The first-order valence-corrected chi connectivity index (χ1v) is 6.44. The third-order valence-electron chi connectivity index (χ3n) is 2.87. The number of benzene rings is 1. The number of hydrogen-bond donors (Lipinski definition) is 2. The van der Waals surface area contributed by atoms with Crippen molar-refractivity contribution < 1.29 is 9.18 Å². The van der Waals surface area contributed by atoms with Crippen LogP contribution in [0.1, 0.15) is 29.3 Å². The molecule has 1 heterocycles. The minimum atomic E-state index is -0.776. The number of nitrogens with zero attached hydrogens (tertiary/aromatic N) is 2. The molecule has 1 aromatic heterocycles. The predicted octanol–water partition coefficient (Wildman–Crippen LogP) is 2.14. The Morgan fingerprint density at radius 3 is 3.00 bits per heavy atom. The molecule has 0 saturated heterocycles. The Kier molecular flexibility index (Phi) is 4.34. The summed E-state index contributed by atoms with van der Waals surface area (Å²) in [5, 5.41) is 7.33. The van der Waals surface area contributed by atoms with Crippen LogP contribution < -0.4 is 11.1 Å². The van der Waals surface area contributed by atoms with Gasteiger partial charge < -0.3 is 11.1 Å². The fourth-order valence-corrected chi connectivity index (χ4v) is 1.88. The van der Waals surface area contributed by atoms with Crippen LogP contribution in [0.25, 0.3) is 0 Å². The maximum Gasteiger partial charge on any atom is 0.251 e. The number of halogens is 1. The average molecular weight is 276 g/mol. The van der Waals surface area contributed by atoms with Crippen LogP contribution in [0.3, 0.4) is 0 Å². The van der Waals surface area contributed by atoms with Crippen LogP contribution in [-0.4, -0.2) is 15.7 Å². The van der Waals surface area contributed by atoms with E-state index in [1.54, 1.807) is 12.3 Å². The summed E-state index contributed by atoms with van der Waals surface area (Å²) in [6, 6.07) is 4.20. The second kappa shape index (κ2) is 6.18. The molecular weight excluding hydrogens is 259 g/mol. The van der Waals surface area contributed by atoms with Gasteiger partial charge in [0, 0.05) is 30.5 Å². The summed E-state index contributed by atoms with van der Waals surface area (Å²) in [5.41, 5.74) is 6.65. The van der Waals surface area contributed by atoms with Gasteiger partial charge in [-0.05, 0) is 24.6 Å². The fourth-order valence-electron chi connectivity index (χ4n) is 1.88. The Balaban J connectivity index is 2.03. The van der Waals surface area contributed by atoms with Gasteiger partial charge in [-0.2, -0.15) is 5.10 Å². The second-order valence-corrected chi connectivity index (χ2v) is 4.52. The number of carbonyl (C=O) groups excluding carboxylic acids is 1. The molecule has 0 bridgehead atoms. The van der Waals surface area contributed by atoms with Crippen LogP contribution in [-0.2, 0) is 13.1 Å². The summed E-state index contributed by atoms with van der Waals surface area (Å²) in [4.78, 5) is 11.1. The fraction of sp³-hybridized carbons (Fsp3) is 0.286. The number of amides is 1. The molecule has 3 N–H and O–H groups in total. The van der Waals surface area contributed by atoms with Crippen LogP contribution >= 0.6 is 0 Å². The zero-order chi connectivity index (χ0) is 14.5. The van der Waals surface area contributed by atoms with E-state index in [2.05, 4.69) is 17.3 Å². The van der Waals surface area contributed by atoms with Crippen LogP contribution in [0.4, 0.5) is 10.1 Å². The lowest BCUT2D eigenvalue weighted by Gasteiger charge is -2.06. The molecule has 1 amide bonds. The highest BCUT2D eigenvalue weighted by molar-refractivity contribution is 5.94. The van der Waals surface area contributed by atoms with E-state index < -0.39 is 11.7 Å². The van der Waals surface area contributed by atoms with Crippen molar-refractivity contribution >= 4 is 11.6 Å². The maximum absolute atomic E-state index is 13.3. The van der Waals surface area contributed by atoms with Gasteiger partial charge in [0.05, 0.1) is 11.8 Å². The van der Waals surface area contributed by atoms with Gasteiger partial charge >= 0.3 is 0 Å². The lowest BCUT2D eigenvalue weighted by molar-refractivity contribution is 0.0996. The molecule has 0 saturated carbocycles. The molecule has 2 rings (SSSR count). The van der Waals surface area contributed by atoms with E-state index in [1.807, 2.05) is 10.9 Å². The third-order valence-corrected chi connectivity index (χ3v) is 2.87. The highest BCUT2D eigenvalue weighted by Crippen LogP contribution is 2.15. The van der Waals surface area contributed by atoms with Crippen LogP contribution in [0.5, 0.6) is 0 Å². The number of nitrogens with one attached hydrogen (secondary N) is 1. The maximum atomic E-state index is 13.3. The van der Waals surface area contributed by atoms with Gasteiger partial charge in [-0.3, -0.25) is 9.48 Å². The van der Waals surface area contributed by atoms with Gasteiger partial charge in [0.15, 0.2) is 0 Å². The Hall–Kier alpha value is -2.37. The summed E-state index contributed by atoms with van der Waals surface area (Å²) < 4.78 is 15.2.